The normalized spacial score (nSPS) is 19.0. The van der Waals surface area contributed by atoms with Gasteiger partial charge in [-0.3, -0.25) is 33.1 Å². The number of fused-ring (bicyclic) bond motifs is 1. The summed E-state index contributed by atoms with van der Waals surface area (Å²) in [7, 11) is -2.73. The van der Waals surface area contributed by atoms with Crippen molar-refractivity contribution in [3.05, 3.63) is 162 Å². The van der Waals surface area contributed by atoms with Gasteiger partial charge in [-0.15, -0.1) is 0 Å². The number of amides is 2. The molecule has 2 heterocycles. The number of carbonyl (C=O) groups is 6. The fraction of sp³-hybridized carbons (Fsp3) is 0.209. The van der Waals surface area contributed by atoms with E-state index in [1.807, 2.05) is 0 Å². The lowest BCUT2D eigenvalue weighted by molar-refractivity contribution is -0.155. The van der Waals surface area contributed by atoms with Crippen LogP contribution in [-0.4, -0.2) is 73.8 Å². The first-order valence-electron chi connectivity index (χ1n) is 17.6. The highest BCUT2D eigenvalue weighted by molar-refractivity contribution is 7.89. The predicted octanol–water partition coefficient (Wildman–Crippen LogP) is 4.77. The maximum Gasteiger partial charge on any atom is 0.356 e. The first-order chi connectivity index (χ1) is 27.1. The molecule has 2 aliphatic heterocycles. The summed E-state index contributed by atoms with van der Waals surface area (Å²) in [5.41, 5.74) is -0.0523. The lowest BCUT2D eigenvalue weighted by Crippen LogP contribution is -2.78. The summed E-state index contributed by atoms with van der Waals surface area (Å²) < 4.78 is 29.5. The molecule has 1 saturated heterocycles. The van der Waals surface area contributed by atoms with Gasteiger partial charge in [0.1, 0.15) is 29.5 Å². The van der Waals surface area contributed by atoms with Gasteiger partial charge in [0.05, 0.1) is 10.8 Å². The number of allylic oxidation sites excluding steroid dienone is 8. The van der Waals surface area contributed by atoms with Crippen molar-refractivity contribution in [2.75, 3.05) is 13.2 Å². The molecule has 0 spiro atoms. The van der Waals surface area contributed by atoms with Crippen LogP contribution in [0.5, 0.6) is 5.75 Å². The number of β-lactam (4-membered cyclic amide) rings is 1. The van der Waals surface area contributed by atoms with Crippen molar-refractivity contribution in [2.24, 2.45) is 0 Å². The standard InChI is InChI=1S/C43H40N2O10S/c1-4-6-11-25-34(47)43(35(48)26-12-7-5-2)33(27-53-29(3)46)38(42(51)55-39(30-19-13-8-14-20-30)31-21-15-9-16-22-31)45-40(50)37(41(45)56(43)52)44-36(49)28-54-32-23-17-10-18-24-32/h4-26,37,39,41H,27-28H2,1-3H3,(H,44,49)/b6-4+,7-5+,25-11+,26-12+/t37-,41-,56?/m1/s1. The second-order valence-corrected chi connectivity index (χ2v) is 14.1. The molecule has 3 atom stereocenters. The molecule has 288 valence electrons. The van der Waals surface area contributed by atoms with Crippen molar-refractivity contribution in [3.8, 4) is 5.75 Å². The summed E-state index contributed by atoms with van der Waals surface area (Å²) in [6.07, 6.45) is 9.85. The molecular formula is C43H40N2O10S. The molecule has 0 saturated carbocycles. The Balaban J connectivity index is 1.71. The van der Waals surface area contributed by atoms with E-state index >= 15 is 4.21 Å². The highest BCUT2D eigenvalue weighted by Crippen LogP contribution is 2.46. The maximum absolute atomic E-state index is 15.1. The molecule has 0 radical (unpaired) electrons. The highest BCUT2D eigenvalue weighted by atomic mass is 32.2. The Bertz CT molecular complexity index is 2070. The Morgan fingerprint density at radius 3 is 1.82 bits per heavy atom. The molecule has 3 aromatic rings. The Hall–Kier alpha value is -6.47. The number of hydrogen-bond donors (Lipinski definition) is 1. The minimum atomic E-state index is -2.74. The van der Waals surface area contributed by atoms with E-state index in [0.717, 1.165) is 24.0 Å². The van der Waals surface area contributed by atoms with Crippen molar-refractivity contribution >= 4 is 46.1 Å². The molecule has 1 unspecified atom stereocenters. The van der Waals surface area contributed by atoms with Crippen molar-refractivity contribution in [3.63, 3.8) is 0 Å². The van der Waals surface area contributed by atoms with Gasteiger partial charge < -0.3 is 19.5 Å². The third-order valence-corrected chi connectivity index (χ3v) is 11.0. The molecule has 0 aromatic heterocycles. The van der Waals surface area contributed by atoms with Crippen molar-refractivity contribution in [2.45, 2.75) is 43.0 Å². The number of hydrogen-bond acceptors (Lipinski definition) is 10. The third kappa shape index (κ3) is 8.58. The van der Waals surface area contributed by atoms with Crippen LogP contribution >= 0.6 is 0 Å². The first-order valence-corrected chi connectivity index (χ1v) is 18.8. The molecule has 1 fully saturated rings. The highest BCUT2D eigenvalue weighted by Gasteiger charge is 2.68. The second kappa shape index (κ2) is 18.7. The summed E-state index contributed by atoms with van der Waals surface area (Å²) in [6, 6.07) is 24.3. The molecule has 1 N–H and O–H groups in total. The lowest BCUT2D eigenvalue weighted by Gasteiger charge is -2.53. The number of rotatable bonds is 16. The molecule has 5 rings (SSSR count). The Labute approximate surface area is 326 Å². The van der Waals surface area contributed by atoms with Gasteiger partial charge in [0, 0.05) is 12.5 Å². The number of ketones is 2. The second-order valence-electron chi connectivity index (χ2n) is 12.4. The Morgan fingerprint density at radius 2 is 1.32 bits per heavy atom. The van der Waals surface area contributed by atoms with E-state index in [1.54, 1.807) is 117 Å². The quantitative estimate of drug-likeness (QED) is 0.0705. The molecule has 12 nitrogen and oxygen atoms in total. The van der Waals surface area contributed by atoms with E-state index in [9.17, 15) is 28.8 Å². The molecule has 2 aliphatic rings. The SMILES string of the molecule is C/C=C/C=C/C(=O)C1(C(=O)/C=C/C=C/C)C(COC(C)=O)=C(C(=O)OC(c2ccccc2)c2ccccc2)N2C(=O)[C@@H](NC(=O)COc3ccccc3)[C@H]2S1=O. The first kappa shape index (κ1) is 40.7. The van der Waals surface area contributed by atoms with Crippen LogP contribution in [0.15, 0.2) is 151 Å². The number of esters is 2. The van der Waals surface area contributed by atoms with Crippen LogP contribution in [0.4, 0.5) is 0 Å². The summed E-state index contributed by atoms with van der Waals surface area (Å²) >= 11 is 0. The minimum Gasteiger partial charge on any atom is -0.484 e. The van der Waals surface area contributed by atoms with E-state index < -0.39 is 92.9 Å². The maximum atomic E-state index is 15.1. The van der Waals surface area contributed by atoms with Crippen molar-refractivity contribution < 1.29 is 47.2 Å². The summed E-state index contributed by atoms with van der Waals surface area (Å²) in [5, 5.41) is 0.886. The fourth-order valence-corrected chi connectivity index (χ4v) is 8.35. The van der Waals surface area contributed by atoms with Crippen LogP contribution in [0.1, 0.15) is 38.0 Å². The average molecular weight is 777 g/mol. The smallest absolute Gasteiger partial charge is 0.356 e. The van der Waals surface area contributed by atoms with Crippen LogP contribution in [0, 0.1) is 0 Å². The van der Waals surface area contributed by atoms with E-state index in [0.29, 0.717) is 16.9 Å². The number of ether oxygens (including phenoxy) is 3. The van der Waals surface area contributed by atoms with E-state index in [2.05, 4.69) is 5.32 Å². The average Bonchev–Trinajstić information content (AvgIpc) is 3.21. The number of nitrogens with zero attached hydrogens (tertiary/aromatic N) is 1. The number of para-hydroxylation sites is 1. The van der Waals surface area contributed by atoms with Crippen molar-refractivity contribution in [1.82, 2.24) is 10.2 Å². The molecule has 0 bridgehead atoms. The zero-order chi connectivity index (χ0) is 40.2. The Morgan fingerprint density at radius 1 is 0.804 bits per heavy atom. The number of benzene rings is 3. The van der Waals surface area contributed by atoms with E-state index in [1.165, 1.54) is 24.3 Å². The van der Waals surface area contributed by atoms with Gasteiger partial charge in [-0.05, 0) is 49.3 Å². The minimum absolute atomic E-state index is 0.371. The lowest BCUT2D eigenvalue weighted by atomic mass is 9.85. The summed E-state index contributed by atoms with van der Waals surface area (Å²) in [5.74, 6) is -5.40. The van der Waals surface area contributed by atoms with Gasteiger partial charge in [0.15, 0.2) is 29.0 Å². The number of carbonyl (C=O) groups excluding carboxylic acids is 6. The summed E-state index contributed by atoms with van der Waals surface area (Å²) in [6.45, 7) is 3.03. The monoisotopic (exact) mass is 776 g/mol. The van der Waals surface area contributed by atoms with Crippen LogP contribution < -0.4 is 10.1 Å². The fourth-order valence-electron chi connectivity index (χ4n) is 6.22. The Kier molecular flexibility index (Phi) is 13.6. The van der Waals surface area contributed by atoms with Gasteiger partial charge in [-0.25, -0.2) is 4.79 Å². The van der Waals surface area contributed by atoms with Crippen LogP contribution in [0.25, 0.3) is 0 Å². The molecule has 13 heteroatoms. The predicted molar refractivity (Wildman–Crippen MR) is 208 cm³/mol. The van der Waals surface area contributed by atoms with Gasteiger partial charge >= 0.3 is 11.9 Å². The topological polar surface area (TPSA) is 162 Å². The molecule has 0 aliphatic carbocycles. The van der Waals surface area contributed by atoms with Crippen LogP contribution in [0.3, 0.4) is 0 Å². The van der Waals surface area contributed by atoms with Gasteiger partial charge in [0.2, 0.25) is 0 Å². The molecule has 2 amide bonds. The zero-order valence-electron chi connectivity index (χ0n) is 30.9. The van der Waals surface area contributed by atoms with E-state index in [4.69, 9.17) is 14.2 Å². The molecule has 3 aromatic carbocycles. The molecule has 56 heavy (non-hydrogen) atoms. The summed E-state index contributed by atoms with van der Waals surface area (Å²) in [4.78, 5) is 84.5. The van der Waals surface area contributed by atoms with Crippen LogP contribution in [0.2, 0.25) is 0 Å². The zero-order valence-corrected chi connectivity index (χ0v) is 31.7. The van der Waals surface area contributed by atoms with Gasteiger partial charge in [0.25, 0.3) is 11.8 Å². The van der Waals surface area contributed by atoms with Crippen molar-refractivity contribution in [1.29, 1.82) is 0 Å². The molecular weight excluding hydrogens is 737 g/mol. The number of nitrogens with one attached hydrogen (secondary N) is 1. The largest absolute Gasteiger partial charge is 0.484 e. The van der Waals surface area contributed by atoms with Gasteiger partial charge in [-0.2, -0.15) is 0 Å². The van der Waals surface area contributed by atoms with Gasteiger partial charge in [-0.1, -0.05) is 115 Å². The van der Waals surface area contributed by atoms with Crippen LogP contribution in [-0.2, 0) is 49.0 Å². The van der Waals surface area contributed by atoms with E-state index in [-0.39, 0.29) is 0 Å². The third-order valence-electron chi connectivity index (χ3n) is 8.78.